The highest BCUT2D eigenvalue weighted by atomic mass is 32.2. The highest BCUT2D eigenvalue weighted by molar-refractivity contribution is 7.94. The van der Waals surface area contributed by atoms with Gasteiger partial charge in [-0.1, -0.05) is 12.5 Å². The van der Waals surface area contributed by atoms with Gasteiger partial charge >= 0.3 is 0 Å². The Kier molecular flexibility index (Phi) is 5.98. The number of hydrogen-bond donors (Lipinski definition) is 2. The minimum Gasteiger partial charge on any atom is -0.488 e. The second-order valence-corrected chi connectivity index (χ2v) is 10.7. The quantitative estimate of drug-likeness (QED) is 0.627. The largest absolute Gasteiger partial charge is 0.488 e. The zero-order chi connectivity index (χ0) is 20.4. The van der Waals surface area contributed by atoms with Gasteiger partial charge in [-0.3, -0.25) is 4.72 Å². The molecule has 0 bridgehead atoms. The maximum Gasteiger partial charge on any atom is 0.271 e. The van der Waals surface area contributed by atoms with Crippen LogP contribution in [0.15, 0.2) is 33.9 Å². The van der Waals surface area contributed by atoms with E-state index in [1.54, 1.807) is 17.5 Å². The first kappa shape index (κ1) is 20.4. The lowest BCUT2D eigenvalue weighted by molar-refractivity contribution is 0.156. The molecule has 29 heavy (non-hydrogen) atoms. The maximum absolute atomic E-state index is 12.8. The van der Waals surface area contributed by atoms with Gasteiger partial charge in [-0.05, 0) is 67.9 Å². The molecule has 2 aliphatic rings. The minimum atomic E-state index is -3.68. The summed E-state index contributed by atoms with van der Waals surface area (Å²) in [6, 6.07) is 6.98. The topological polar surface area (TPSA) is 76.7 Å². The summed E-state index contributed by atoms with van der Waals surface area (Å²) >= 11 is 6.42. The molecule has 1 saturated carbocycles. The van der Waals surface area contributed by atoms with E-state index < -0.39 is 10.0 Å². The molecular weight excluding hydrogens is 428 g/mol. The zero-order valence-corrected chi connectivity index (χ0v) is 18.6. The Bertz CT molecular complexity index is 983. The molecule has 0 amide bonds. The summed E-state index contributed by atoms with van der Waals surface area (Å²) in [5, 5.41) is 5.16. The lowest BCUT2D eigenvalue weighted by Gasteiger charge is -2.25. The summed E-state index contributed by atoms with van der Waals surface area (Å²) in [5.74, 6) is 0.514. The molecule has 1 atom stereocenters. The molecule has 1 unspecified atom stereocenters. The second kappa shape index (κ2) is 8.49. The molecule has 2 N–H and O–H groups in total. The maximum atomic E-state index is 12.8. The molecule has 1 aromatic heterocycles. The number of ether oxygens (including phenoxy) is 2. The Balaban J connectivity index is 1.71. The fourth-order valence-corrected chi connectivity index (χ4v) is 6.06. The Morgan fingerprint density at radius 1 is 1.28 bits per heavy atom. The summed E-state index contributed by atoms with van der Waals surface area (Å²) in [6.07, 6.45) is 6.00. The van der Waals surface area contributed by atoms with Crippen molar-refractivity contribution in [3.63, 3.8) is 0 Å². The number of thiocarbonyl (C=S) groups is 1. The molecule has 156 valence electrons. The van der Waals surface area contributed by atoms with Crippen molar-refractivity contribution in [1.29, 1.82) is 0 Å². The number of nitrogens with one attached hydrogen (secondary N) is 2. The monoisotopic (exact) mass is 452 g/mol. The minimum absolute atomic E-state index is 0.0831. The third-order valence-corrected chi connectivity index (χ3v) is 8.07. The standard InChI is InChI=1S/C20H24N2O4S3/c1-13-10-14-11-17(22-29(23,24)19-8-5-9-28-19)18(12-16(14)21-20(27)25-13)26-15-6-3-2-4-7-15/h5,8-9,11-13,15,22H,2-4,6-7,10H2,1H3,(H,21,27). The van der Waals surface area contributed by atoms with Crippen LogP contribution in [0, 0.1) is 0 Å². The van der Waals surface area contributed by atoms with Crippen molar-refractivity contribution >= 4 is 50.1 Å². The fraction of sp³-hybridized carbons (Fsp3) is 0.450. The number of hydrogen-bond acceptors (Lipinski definition) is 6. The smallest absolute Gasteiger partial charge is 0.271 e. The van der Waals surface area contributed by atoms with Crippen molar-refractivity contribution in [3.8, 4) is 5.75 Å². The molecule has 1 fully saturated rings. The van der Waals surface area contributed by atoms with E-state index in [9.17, 15) is 8.42 Å². The molecule has 0 spiro atoms. The molecule has 1 aromatic carbocycles. The fourth-order valence-electron chi connectivity index (χ4n) is 3.73. The number of sulfonamides is 1. The first-order valence-electron chi connectivity index (χ1n) is 9.78. The van der Waals surface area contributed by atoms with Gasteiger partial charge < -0.3 is 14.8 Å². The first-order valence-corrected chi connectivity index (χ1v) is 12.6. The van der Waals surface area contributed by atoms with Crippen LogP contribution < -0.4 is 14.8 Å². The molecule has 2 heterocycles. The molecule has 0 radical (unpaired) electrons. The average molecular weight is 453 g/mol. The third-order valence-electron chi connectivity index (χ3n) is 5.11. The number of fused-ring (bicyclic) bond motifs is 1. The highest BCUT2D eigenvalue weighted by Crippen LogP contribution is 2.37. The predicted molar refractivity (Wildman–Crippen MR) is 120 cm³/mol. The van der Waals surface area contributed by atoms with Gasteiger partial charge in [0.05, 0.1) is 11.8 Å². The predicted octanol–water partition coefficient (Wildman–Crippen LogP) is 4.92. The van der Waals surface area contributed by atoms with E-state index in [1.165, 1.54) is 17.8 Å². The van der Waals surface area contributed by atoms with E-state index in [-0.39, 0.29) is 16.4 Å². The van der Waals surface area contributed by atoms with Gasteiger partial charge in [-0.25, -0.2) is 8.42 Å². The lowest BCUT2D eigenvalue weighted by Crippen LogP contribution is -2.21. The van der Waals surface area contributed by atoms with Crippen LogP contribution in [0.5, 0.6) is 5.75 Å². The summed E-state index contributed by atoms with van der Waals surface area (Å²) in [4.78, 5) is 0. The van der Waals surface area contributed by atoms with Crippen molar-refractivity contribution in [2.24, 2.45) is 0 Å². The van der Waals surface area contributed by atoms with Gasteiger partial charge in [0.25, 0.3) is 15.2 Å². The first-order chi connectivity index (χ1) is 13.9. The van der Waals surface area contributed by atoms with Crippen molar-refractivity contribution < 1.29 is 17.9 Å². The molecule has 4 rings (SSSR count). The van der Waals surface area contributed by atoms with Gasteiger partial charge in [-0.2, -0.15) is 0 Å². The highest BCUT2D eigenvalue weighted by Gasteiger charge is 2.25. The Morgan fingerprint density at radius 2 is 2.07 bits per heavy atom. The van der Waals surface area contributed by atoms with E-state index in [0.717, 1.165) is 36.9 Å². The van der Waals surface area contributed by atoms with Crippen molar-refractivity contribution in [2.45, 2.75) is 61.9 Å². The lowest BCUT2D eigenvalue weighted by atomic mass is 9.97. The van der Waals surface area contributed by atoms with Gasteiger partial charge in [0, 0.05) is 18.2 Å². The average Bonchev–Trinajstić information content (AvgIpc) is 3.17. The van der Waals surface area contributed by atoms with Crippen molar-refractivity contribution in [3.05, 3.63) is 35.2 Å². The van der Waals surface area contributed by atoms with Crippen LogP contribution in [0.2, 0.25) is 0 Å². The summed E-state index contributed by atoms with van der Waals surface area (Å²) in [5.41, 5.74) is 2.17. The molecule has 6 nitrogen and oxygen atoms in total. The van der Waals surface area contributed by atoms with Crippen molar-refractivity contribution in [1.82, 2.24) is 0 Å². The summed E-state index contributed by atoms with van der Waals surface area (Å²) in [7, 11) is -3.68. The Labute approximate surface area is 180 Å². The van der Waals surface area contributed by atoms with E-state index in [2.05, 4.69) is 10.0 Å². The molecule has 9 heteroatoms. The van der Waals surface area contributed by atoms with Gasteiger partial charge in [0.2, 0.25) is 0 Å². The third kappa shape index (κ3) is 4.84. The van der Waals surface area contributed by atoms with Crippen LogP contribution in [0.4, 0.5) is 11.4 Å². The summed E-state index contributed by atoms with van der Waals surface area (Å²) < 4.78 is 40.6. The summed E-state index contributed by atoms with van der Waals surface area (Å²) in [6.45, 7) is 1.94. The normalized spacial score (nSPS) is 20.2. The Hall–Kier alpha value is -1.84. The van der Waals surface area contributed by atoms with E-state index in [0.29, 0.717) is 23.0 Å². The van der Waals surface area contributed by atoms with Crippen LogP contribution in [-0.4, -0.2) is 25.8 Å². The number of benzene rings is 1. The van der Waals surface area contributed by atoms with E-state index in [1.807, 2.05) is 19.1 Å². The van der Waals surface area contributed by atoms with Gasteiger partial charge in [0.15, 0.2) is 0 Å². The second-order valence-electron chi connectivity index (χ2n) is 7.47. The molecule has 1 aliphatic heterocycles. The van der Waals surface area contributed by atoms with E-state index in [4.69, 9.17) is 21.7 Å². The number of rotatable bonds is 5. The molecule has 1 aliphatic carbocycles. The zero-order valence-electron chi connectivity index (χ0n) is 16.1. The van der Waals surface area contributed by atoms with Crippen LogP contribution >= 0.6 is 23.6 Å². The van der Waals surface area contributed by atoms with Gasteiger partial charge in [0.1, 0.15) is 16.1 Å². The molecule has 0 saturated heterocycles. The van der Waals surface area contributed by atoms with Crippen LogP contribution in [0.25, 0.3) is 0 Å². The van der Waals surface area contributed by atoms with Crippen LogP contribution in [0.1, 0.15) is 44.6 Å². The van der Waals surface area contributed by atoms with E-state index >= 15 is 0 Å². The molecular formula is C20H24N2O4S3. The van der Waals surface area contributed by atoms with Crippen LogP contribution in [-0.2, 0) is 21.2 Å². The Morgan fingerprint density at radius 3 is 2.79 bits per heavy atom. The van der Waals surface area contributed by atoms with Crippen molar-refractivity contribution in [2.75, 3.05) is 10.0 Å². The van der Waals surface area contributed by atoms with Gasteiger partial charge in [-0.15, -0.1) is 11.3 Å². The number of anilines is 2. The molecule has 2 aromatic rings. The number of thiophene rings is 1. The SMILES string of the molecule is CC1Cc2cc(NS(=O)(=O)c3cccs3)c(OC3CCCCC3)cc2NC(=S)O1. The van der Waals surface area contributed by atoms with Crippen LogP contribution in [0.3, 0.4) is 0 Å².